The average Bonchev–Trinajstić information content (AvgIpc) is 2.67. The molecule has 0 radical (unpaired) electrons. The molecule has 1 heterocycles. The molecule has 7 nitrogen and oxygen atoms in total. The number of halogens is 1. The normalized spacial score (nSPS) is 16.3. The van der Waals surface area contributed by atoms with Crippen LogP contribution in [0.3, 0.4) is 0 Å². The molecule has 2 amide bonds. The van der Waals surface area contributed by atoms with Gasteiger partial charge in [-0.3, -0.25) is 14.5 Å². The predicted molar refractivity (Wildman–Crippen MR) is 107 cm³/mol. The molecular formula is C19H29ClN4O3. The van der Waals surface area contributed by atoms with E-state index in [1.165, 1.54) is 7.11 Å². The number of methoxy groups -OCH3 is 1. The molecule has 1 N–H and O–H groups in total. The quantitative estimate of drug-likeness (QED) is 0.761. The number of amides is 2. The first-order valence-electron chi connectivity index (χ1n) is 9.20. The Balaban J connectivity index is 1.90. The van der Waals surface area contributed by atoms with Crippen LogP contribution in [0.15, 0.2) is 18.2 Å². The Hall–Kier alpha value is -1.83. The van der Waals surface area contributed by atoms with Gasteiger partial charge in [-0.15, -0.1) is 0 Å². The molecule has 1 atom stereocenters. The summed E-state index contributed by atoms with van der Waals surface area (Å²) in [5.74, 6) is 0.364. The predicted octanol–water partition coefficient (Wildman–Crippen LogP) is 1.77. The molecule has 2 rings (SSSR count). The highest BCUT2D eigenvalue weighted by Crippen LogP contribution is 2.27. The van der Waals surface area contributed by atoms with Crippen molar-refractivity contribution in [1.29, 1.82) is 0 Å². The summed E-state index contributed by atoms with van der Waals surface area (Å²) in [6, 6.07) is 4.66. The summed E-state index contributed by atoms with van der Waals surface area (Å²) in [4.78, 5) is 31.1. The molecule has 27 heavy (non-hydrogen) atoms. The van der Waals surface area contributed by atoms with E-state index in [0.717, 1.165) is 32.7 Å². The first kappa shape index (κ1) is 21.5. The lowest BCUT2D eigenvalue weighted by Crippen LogP contribution is -2.54. The second-order valence-corrected chi connectivity index (χ2v) is 7.18. The van der Waals surface area contributed by atoms with Crippen LogP contribution in [-0.2, 0) is 9.59 Å². The zero-order chi connectivity index (χ0) is 20.0. The number of likely N-dealkylation sites (N-methyl/N-ethyl adjacent to an activating group) is 2. The van der Waals surface area contributed by atoms with Gasteiger partial charge in [0.2, 0.25) is 11.8 Å². The van der Waals surface area contributed by atoms with E-state index in [0.29, 0.717) is 16.5 Å². The highest BCUT2D eigenvalue weighted by molar-refractivity contribution is 6.31. The van der Waals surface area contributed by atoms with E-state index in [2.05, 4.69) is 17.1 Å². The highest BCUT2D eigenvalue weighted by Gasteiger charge is 2.27. The highest BCUT2D eigenvalue weighted by atomic mass is 35.5. The summed E-state index contributed by atoms with van der Waals surface area (Å²) in [6.45, 7) is 8.32. The van der Waals surface area contributed by atoms with Gasteiger partial charge in [0.15, 0.2) is 0 Å². The van der Waals surface area contributed by atoms with Gasteiger partial charge in [-0.1, -0.05) is 18.5 Å². The fourth-order valence-corrected chi connectivity index (χ4v) is 3.24. The van der Waals surface area contributed by atoms with E-state index < -0.39 is 0 Å². The Labute approximate surface area is 166 Å². The van der Waals surface area contributed by atoms with E-state index >= 15 is 0 Å². The third-order valence-electron chi connectivity index (χ3n) is 4.98. The minimum atomic E-state index is -0.370. The molecule has 1 fully saturated rings. The molecule has 0 bridgehead atoms. The lowest BCUT2D eigenvalue weighted by atomic mass is 10.2. The van der Waals surface area contributed by atoms with Crippen molar-refractivity contribution in [1.82, 2.24) is 14.7 Å². The standard InChI is InChI=1S/C19H29ClN4O3/c1-5-23-8-10-24(11-9-23)19(26)14(2)22(3)13-18(25)21-16-12-15(20)6-7-17(16)27-4/h6-7,12,14H,5,8-11,13H2,1-4H3,(H,21,25)/t14-/m0/s1. The Morgan fingerprint density at radius 3 is 2.56 bits per heavy atom. The van der Waals surface area contributed by atoms with Crippen LogP contribution >= 0.6 is 11.6 Å². The maximum absolute atomic E-state index is 12.7. The second-order valence-electron chi connectivity index (χ2n) is 6.74. The Kier molecular flexibility index (Phi) is 7.89. The summed E-state index contributed by atoms with van der Waals surface area (Å²) >= 11 is 5.99. The summed E-state index contributed by atoms with van der Waals surface area (Å²) in [6.07, 6.45) is 0. The van der Waals surface area contributed by atoms with Gasteiger partial charge in [0, 0.05) is 31.2 Å². The lowest BCUT2D eigenvalue weighted by molar-refractivity contribution is -0.138. The maximum Gasteiger partial charge on any atom is 0.239 e. The molecule has 1 aliphatic rings. The van der Waals surface area contributed by atoms with Crippen LogP contribution in [0.4, 0.5) is 5.69 Å². The van der Waals surface area contributed by atoms with Crippen molar-refractivity contribution in [3.63, 3.8) is 0 Å². The first-order chi connectivity index (χ1) is 12.8. The SMILES string of the molecule is CCN1CCN(C(=O)[C@H](C)N(C)CC(=O)Nc2cc(Cl)ccc2OC)CC1. The molecule has 1 aliphatic heterocycles. The van der Waals surface area contributed by atoms with E-state index in [4.69, 9.17) is 16.3 Å². The van der Waals surface area contributed by atoms with Crippen molar-refractivity contribution >= 4 is 29.1 Å². The Morgan fingerprint density at radius 1 is 1.30 bits per heavy atom. The van der Waals surface area contributed by atoms with Gasteiger partial charge in [-0.05, 0) is 38.7 Å². The number of ether oxygens (including phenoxy) is 1. The van der Waals surface area contributed by atoms with Gasteiger partial charge in [0.1, 0.15) is 5.75 Å². The van der Waals surface area contributed by atoms with Gasteiger partial charge in [0.05, 0.1) is 25.4 Å². The minimum absolute atomic E-state index is 0.0568. The largest absolute Gasteiger partial charge is 0.495 e. The molecule has 1 aromatic carbocycles. The van der Waals surface area contributed by atoms with Gasteiger partial charge in [0.25, 0.3) is 0 Å². The molecule has 0 spiro atoms. The number of hydrogen-bond acceptors (Lipinski definition) is 5. The topological polar surface area (TPSA) is 65.1 Å². The third kappa shape index (κ3) is 5.82. The van der Waals surface area contributed by atoms with E-state index in [9.17, 15) is 9.59 Å². The van der Waals surface area contributed by atoms with E-state index in [1.807, 2.05) is 11.8 Å². The van der Waals surface area contributed by atoms with Gasteiger partial charge in [-0.25, -0.2) is 0 Å². The van der Waals surface area contributed by atoms with Crippen LogP contribution in [0.2, 0.25) is 5.02 Å². The molecule has 1 saturated heterocycles. The van der Waals surface area contributed by atoms with E-state index in [1.54, 1.807) is 30.1 Å². The number of nitrogens with one attached hydrogen (secondary N) is 1. The molecule has 0 aliphatic carbocycles. The summed E-state index contributed by atoms with van der Waals surface area (Å²) < 4.78 is 5.24. The van der Waals surface area contributed by atoms with Crippen molar-refractivity contribution in [3.8, 4) is 5.75 Å². The third-order valence-corrected chi connectivity index (χ3v) is 5.21. The first-order valence-corrected chi connectivity index (χ1v) is 9.58. The van der Waals surface area contributed by atoms with Crippen LogP contribution < -0.4 is 10.1 Å². The molecule has 150 valence electrons. The Bertz CT molecular complexity index is 662. The molecular weight excluding hydrogens is 368 g/mol. The number of benzene rings is 1. The molecule has 8 heteroatoms. The van der Waals surface area contributed by atoms with Crippen LogP contribution in [0.25, 0.3) is 0 Å². The summed E-state index contributed by atoms with van der Waals surface area (Å²) in [5.41, 5.74) is 0.512. The van der Waals surface area contributed by atoms with Crippen LogP contribution in [-0.4, -0.2) is 86.0 Å². The number of carbonyl (C=O) groups is 2. The van der Waals surface area contributed by atoms with Gasteiger partial charge < -0.3 is 19.9 Å². The zero-order valence-electron chi connectivity index (χ0n) is 16.5. The number of anilines is 1. The van der Waals surface area contributed by atoms with Gasteiger partial charge in [-0.2, -0.15) is 0 Å². The molecule has 0 unspecified atom stereocenters. The second kappa shape index (κ2) is 9.92. The number of rotatable bonds is 7. The van der Waals surface area contributed by atoms with Crippen LogP contribution in [0.1, 0.15) is 13.8 Å². The van der Waals surface area contributed by atoms with Crippen molar-refractivity contribution in [3.05, 3.63) is 23.2 Å². The van der Waals surface area contributed by atoms with Gasteiger partial charge >= 0.3 is 0 Å². The fourth-order valence-electron chi connectivity index (χ4n) is 3.07. The number of piperazine rings is 1. The Morgan fingerprint density at radius 2 is 1.96 bits per heavy atom. The smallest absolute Gasteiger partial charge is 0.239 e. The number of hydrogen-bond donors (Lipinski definition) is 1. The van der Waals surface area contributed by atoms with Crippen LogP contribution in [0.5, 0.6) is 5.75 Å². The van der Waals surface area contributed by atoms with Crippen molar-refractivity contribution in [2.75, 3.05) is 58.7 Å². The lowest BCUT2D eigenvalue weighted by Gasteiger charge is -2.36. The number of carbonyl (C=O) groups excluding carboxylic acids is 2. The molecule has 1 aromatic rings. The van der Waals surface area contributed by atoms with Crippen molar-refractivity contribution < 1.29 is 14.3 Å². The molecule has 0 aromatic heterocycles. The minimum Gasteiger partial charge on any atom is -0.495 e. The molecule has 0 saturated carbocycles. The maximum atomic E-state index is 12.7. The van der Waals surface area contributed by atoms with Crippen molar-refractivity contribution in [2.45, 2.75) is 19.9 Å². The van der Waals surface area contributed by atoms with Crippen molar-refractivity contribution in [2.24, 2.45) is 0 Å². The van der Waals surface area contributed by atoms with Crippen LogP contribution in [0, 0.1) is 0 Å². The summed E-state index contributed by atoms with van der Waals surface area (Å²) in [7, 11) is 3.31. The average molecular weight is 397 g/mol. The zero-order valence-corrected chi connectivity index (χ0v) is 17.3. The fraction of sp³-hybridized carbons (Fsp3) is 0.579. The van der Waals surface area contributed by atoms with E-state index in [-0.39, 0.29) is 24.4 Å². The monoisotopic (exact) mass is 396 g/mol. The summed E-state index contributed by atoms with van der Waals surface area (Å²) in [5, 5.41) is 3.31. The number of nitrogens with zero attached hydrogens (tertiary/aromatic N) is 3.